The average Bonchev–Trinajstić information content (AvgIpc) is 3.28. The molecule has 4 aromatic rings. The molecule has 3 aromatic heterocycles. The van der Waals surface area contributed by atoms with E-state index in [1.165, 1.54) is 9.13 Å². The number of hydrogen-bond donors (Lipinski definition) is 1. The Morgan fingerprint density at radius 3 is 2.65 bits per heavy atom. The Labute approximate surface area is 178 Å². The van der Waals surface area contributed by atoms with Crippen molar-refractivity contribution in [3.05, 3.63) is 74.7 Å². The third kappa shape index (κ3) is 3.85. The average molecular weight is 423 g/mol. The van der Waals surface area contributed by atoms with Gasteiger partial charge in [-0.1, -0.05) is 42.5 Å². The van der Waals surface area contributed by atoms with E-state index in [0.29, 0.717) is 30.1 Å². The van der Waals surface area contributed by atoms with E-state index in [1.54, 1.807) is 17.5 Å². The summed E-state index contributed by atoms with van der Waals surface area (Å²) in [6.07, 6.45) is 5.53. The van der Waals surface area contributed by atoms with Crippen LogP contribution in [0.2, 0.25) is 0 Å². The first kappa shape index (κ1) is 20.8. The number of imidazole rings is 2. The Kier molecular flexibility index (Phi) is 5.88. The predicted molar refractivity (Wildman–Crippen MR) is 118 cm³/mol. The van der Waals surface area contributed by atoms with E-state index in [2.05, 4.69) is 4.98 Å². The van der Waals surface area contributed by atoms with E-state index in [9.17, 15) is 9.59 Å². The van der Waals surface area contributed by atoms with Gasteiger partial charge in [0.25, 0.3) is 5.56 Å². The summed E-state index contributed by atoms with van der Waals surface area (Å²) in [6, 6.07) is 9.71. The van der Waals surface area contributed by atoms with Gasteiger partial charge in [0.15, 0.2) is 11.2 Å². The van der Waals surface area contributed by atoms with Gasteiger partial charge in [-0.3, -0.25) is 18.3 Å². The van der Waals surface area contributed by atoms with Crippen molar-refractivity contribution in [2.24, 2.45) is 7.05 Å². The van der Waals surface area contributed by atoms with Gasteiger partial charge in [-0.25, -0.2) is 4.79 Å². The van der Waals surface area contributed by atoms with Crippen molar-refractivity contribution in [2.75, 3.05) is 19.8 Å². The van der Waals surface area contributed by atoms with E-state index < -0.39 is 5.69 Å². The highest BCUT2D eigenvalue weighted by Gasteiger charge is 2.19. The van der Waals surface area contributed by atoms with E-state index in [1.807, 2.05) is 54.1 Å². The van der Waals surface area contributed by atoms with Crippen molar-refractivity contribution < 1.29 is 9.84 Å². The predicted octanol–water partition coefficient (Wildman–Crippen LogP) is 1.18. The molecule has 4 rings (SSSR count). The molecule has 9 heteroatoms. The SMILES string of the molecule is Cc1cn2c3c(=O)n(C/C=C\c4ccccc4)c(=O)n(C)c3nc2n1CCOCCO. The van der Waals surface area contributed by atoms with Crippen LogP contribution in [0.5, 0.6) is 0 Å². The van der Waals surface area contributed by atoms with Gasteiger partial charge in [-0.05, 0) is 12.5 Å². The molecule has 0 saturated carbocycles. The number of rotatable bonds is 8. The maximum Gasteiger partial charge on any atom is 0.332 e. The van der Waals surface area contributed by atoms with Crippen LogP contribution in [0.25, 0.3) is 23.0 Å². The summed E-state index contributed by atoms with van der Waals surface area (Å²) in [5.74, 6) is 0.574. The topological polar surface area (TPSA) is 95.7 Å². The van der Waals surface area contributed by atoms with Crippen LogP contribution in [-0.2, 0) is 24.9 Å². The van der Waals surface area contributed by atoms with Gasteiger partial charge in [0.1, 0.15) is 0 Å². The lowest BCUT2D eigenvalue weighted by molar-refractivity contribution is 0.0872. The zero-order valence-corrected chi connectivity index (χ0v) is 17.6. The molecule has 31 heavy (non-hydrogen) atoms. The Hall–Kier alpha value is -3.43. The van der Waals surface area contributed by atoms with E-state index in [4.69, 9.17) is 9.84 Å². The van der Waals surface area contributed by atoms with Crippen LogP contribution >= 0.6 is 0 Å². The minimum atomic E-state index is -0.412. The number of fused-ring (bicyclic) bond motifs is 3. The van der Waals surface area contributed by atoms with Crippen LogP contribution in [0.15, 0.2) is 52.2 Å². The summed E-state index contributed by atoms with van der Waals surface area (Å²) in [7, 11) is 1.62. The second kappa shape index (κ2) is 8.75. The summed E-state index contributed by atoms with van der Waals surface area (Å²) in [4.78, 5) is 30.6. The van der Waals surface area contributed by atoms with Gasteiger partial charge in [-0.2, -0.15) is 4.98 Å². The van der Waals surface area contributed by atoms with E-state index in [0.717, 1.165) is 11.3 Å². The van der Waals surface area contributed by atoms with Crippen molar-refractivity contribution in [1.29, 1.82) is 0 Å². The Morgan fingerprint density at radius 1 is 1.13 bits per heavy atom. The number of aliphatic hydroxyl groups is 1. The normalized spacial score (nSPS) is 12.0. The molecule has 0 radical (unpaired) electrons. The van der Waals surface area contributed by atoms with Crippen molar-refractivity contribution in [3.8, 4) is 0 Å². The van der Waals surface area contributed by atoms with Crippen molar-refractivity contribution in [1.82, 2.24) is 23.1 Å². The summed E-state index contributed by atoms with van der Waals surface area (Å²) in [6.45, 7) is 3.25. The molecule has 0 aliphatic rings. The summed E-state index contributed by atoms with van der Waals surface area (Å²) < 4.78 is 11.6. The quantitative estimate of drug-likeness (QED) is 0.430. The fourth-order valence-electron chi connectivity index (χ4n) is 3.67. The number of aryl methyl sites for hydroxylation is 2. The van der Waals surface area contributed by atoms with Gasteiger partial charge in [0, 0.05) is 32.0 Å². The number of benzene rings is 1. The molecular formula is C22H25N5O4. The lowest BCUT2D eigenvalue weighted by atomic mass is 10.2. The lowest BCUT2D eigenvalue weighted by Gasteiger charge is -2.06. The molecular weight excluding hydrogens is 398 g/mol. The number of aromatic nitrogens is 5. The highest BCUT2D eigenvalue weighted by Crippen LogP contribution is 2.16. The second-order valence-corrected chi connectivity index (χ2v) is 7.28. The van der Waals surface area contributed by atoms with Crippen molar-refractivity contribution >= 4 is 23.0 Å². The number of allylic oxidation sites excluding steroid dienone is 1. The number of ether oxygens (including phenoxy) is 1. The fraction of sp³-hybridized carbons (Fsp3) is 0.318. The highest BCUT2D eigenvalue weighted by atomic mass is 16.5. The van der Waals surface area contributed by atoms with Crippen molar-refractivity contribution in [2.45, 2.75) is 20.0 Å². The molecule has 0 unspecified atom stereocenters. The molecule has 0 fully saturated rings. The molecule has 0 atom stereocenters. The van der Waals surface area contributed by atoms with Gasteiger partial charge < -0.3 is 14.4 Å². The van der Waals surface area contributed by atoms with Gasteiger partial charge in [0.05, 0.1) is 19.8 Å². The number of aliphatic hydroxyl groups excluding tert-OH is 1. The zero-order chi connectivity index (χ0) is 22.0. The highest BCUT2D eigenvalue weighted by molar-refractivity contribution is 5.75. The van der Waals surface area contributed by atoms with Crippen LogP contribution in [0.1, 0.15) is 11.3 Å². The Bertz CT molecular complexity index is 1360. The molecule has 0 spiro atoms. The number of hydrogen-bond acceptors (Lipinski definition) is 5. The van der Waals surface area contributed by atoms with Crippen LogP contribution in [0, 0.1) is 6.92 Å². The molecule has 162 valence electrons. The summed E-state index contributed by atoms with van der Waals surface area (Å²) >= 11 is 0. The minimum absolute atomic E-state index is 0.0340. The maximum absolute atomic E-state index is 13.2. The van der Waals surface area contributed by atoms with Gasteiger partial charge in [-0.15, -0.1) is 0 Å². The molecule has 0 aliphatic heterocycles. The standard InChI is InChI=1S/C22H25N5O4/c1-16-15-27-18-19(23-21(27)25(16)11-13-31-14-12-28)24(2)22(30)26(20(18)29)10-6-9-17-7-4-3-5-8-17/h3-9,15,28H,10-14H2,1-2H3/b9-6-. The smallest absolute Gasteiger partial charge is 0.332 e. The fourth-order valence-corrected chi connectivity index (χ4v) is 3.67. The number of nitrogens with zero attached hydrogens (tertiary/aromatic N) is 5. The first-order valence-corrected chi connectivity index (χ1v) is 10.1. The molecule has 0 bridgehead atoms. The second-order valence-electron chi connectivity index (χ2n) is 7.28. The Balaban J connectivity index is 1.76. The van der Waals surface area contributed by atoms with Gasteiger partial charge >= 0.3 is 5.69 Å². The van der Waals surface area contributed by atoms with Gasteiger partial charge in [0.2, 0.25) is 5.78 Å². The minimum Gasteiger partial charge on any atom is -0.394 e. The largest absolute Gasteiger partial charge is 0.394 e. The van der Waals surface area contributed by atoms with Crippen molar-refractivity contribution in [3.63, 3.8) is 0 Å². The molecule has 0 saturated heterocycles. The first-order valence-electron chi connectivity index (χ1n) is 10.1. The van der Waals surface area contributed by atoms with Crippen LogP contribution in [-0.4, -0.2) is 48.0 Å². The van der Waals surface area contributed by atoms with E-state index in [-0.39, 0.29) is 25.3 Å². The molecule has 9 nitrogen and oxygen atoms in total. The molecule has 1 aromatic carbocycles. The molecule has 1 N–H and O–H groups in total. The molecule has 0 amide bonds. The van der Waals surface area contributed by atoms with Crippen LogP contribution in [0.3, 0.4) is 0 Å². The summed E-state index contributed by atoms with van der Waals surface area (Å²) in [5, 5.41) is 8.86. The molecule has 3 heterocycles. The third-order valence-corrected chi connectivity index (χ3v) is 5.23. The lowest BCUT2D eigenvalue weighted by Crippen LogP contribution is -2.39. The Morgan fingerprint density at radius 2 is 1.90 bits per heavy atom. The summed E-state index contributed by atoms with van der Waals surface area (Å²) in [5.41, 5.74) is 1.83. The third-order valence-electron chi connectivity index (χ3n) is 5.23. The maximum atomic E-state index is 13.2. The monoisotopic (exact) mass is 423 g/mol. The molecule has 0 aliphatic carbocycles. The zero-order valence-electron chi connectivity index (χ0n) is 17.6. The van der Waals surface area contributed by atoms with E-state index >= 15 is 0 Å². The van der Waals surface area contributed by atoms with Crippen LogP contribution in [0.4, 0.5) is 0 Å². The first-order chi connectivity index (χ1) is 15.0. The van der Waals surface area contributed by atoms with Crippen LogP contribution < -0.4 is 11.2 Å².